The highest BCUT2D eigenvalue weighted by atomic mass is 32.2. The minimum atomic E-state index is 0.580. The van der Waals surface area contributed by atoms with Crippen LogP contribution in [-0.4, -0.2) is 67.0 Å². The number of hydrogen-bond donors (Lipinski definition) is 0. The van der Waals surface area contributed by atoms with Gasteiger partial charge in [-0.2, -0.15) is 0 Å². The molecule has 2 saturated heterocycles. The van der Waals surface area contributed by atoms with Crippen LogP contribution >= 0.6 is 82.8 Å². The highest BCUT2D eigenvalue weighted by Gasteiger charge is 2.25. The fourth-order valence-electron chi connectivity index (χ4n) is 4.44. The zero-order valence-electron chi connectivity index (χ0n) is 20.5. The monoisotopic (exact) mass is 617 g/mol. The summed E-state index contributed by atoms with van der Waals surface area (Å²) in [5, 5.41) is 9.55. The Morgan fingerprint density at radius 1 is 0.778 bits per heavy atom. The molecular formula is C24H31N3O2S7. The van der Waals surface area contributed by atoms with Crippen LogP contribution in [0.5, 0.6) is 0 Å². The summed E-state index contributed by atoms with van der Waals surface area (Å²) < 4.78 is 18.0. The van der Waals surface area contributed by atoms with Crippen LogP contribution in [0, 0.1) is 13.6 Å². The van der Waals surface area contributed by atoms with Gasteiger partial charge in [-0.05, 0) is 5.92 Å². The van der Waals surface area contributed by atoms with E-state index in [0.29, 0.717) is 5.92 Å². The van der Waals surface area contributed by atoms with E-state index in [4.69, 9.17) is 33.9 Å². The van der Waals surface area contributed by atoms with Crippen LogP contribution in [0.15, 0.2) is 20.9 Å². The van der Waals surface area contributed by atoms with Crippen LogP contribution < -0.4 is 10.7 Å². The lowest BCUT2D eigenvalue weighted by molar-refractivity contribution is 0.0578. The average Bonchev–Trinajstić information content (AvgIpc) is 3.59. The van der Waals surface area contributed by atoms with Gasteiger partial charge in [0.15, 0.2) is 0 Å². The standard InChI is InChI=1S/C24H31N3O2S7/c1-3-16(4-2)13-27-19(23-32-14-17(34-23)25-5-9-28-10-6-25)21(30)36-22(31)20(27)24-33-15-18(35-24)26-7-11-29-12-8-26/h14-16H,3-13H2,1-2H3/b23-19+,24-20+. The molecule has 0 atom stereocenters. The molecule has 0 unspecified atom stereocenters. The minimum Gasteiger partial charge on any atom is -0.378 e. The van der Waals surface area contributed by atoms with Crippen LogP contribution in [0.25, 0.3) is 8.47 Å². The van der Waals surface area contributed by atoms with Gasteiger partial charge in [0.1, 0.15) is 7.65 Å². The van der Waals surface area contributed by atoms with Crippen molar-refractivity contribution in [3.8, 4) is 0 Å². The molecule has 1 aromatic rings. The van der Waals surface area contributed by atoms with Gasteiger partial charge < -0.3 is 23.8 Å². The van der Waals surface area contributed by atoms with Crippen molar-refractivity contribution < 1.29 is 9.47 Å². The molecule has 4 aliphatic heterocycles. The largest absolute Gasteiger partial charge is 0.378 e. The van der Waals surface area contributed by atoms with Crippen molar-refractivity contribution in [2.45, 2.75) is 33.2 Å². The predicted octanol–water partition coefficient (Wildman–Crippen LogP) is 5.80. The second-order valence-electron chi connectivity index (χ2n) is 8.79. The number of thioether (sulfide) groups is 4. The maximum atomic E-state index is 6.01. The molecule has 0 spiro atoms. The smallest absolute Gasteiger partial charge is 0.117 e. The normalized spacial score (nSPS) is 24.0. The maximum absolute atomic E-state index is 6.01. The van der Waals surface area contributed by atoms with Gasteiger partial charge >= 0.3 is 0 Å². The highest BCUT2D eigenvalue weighted by molar-refractivity contribution is 8.35. The number of aromatic nitrogens is 1. The maximum Gasteiger partial charge on any atom is 0.117 e. The van der Waals surface area contributed by atoms with E-state index in [-0.39, 0.29) is 0 Å². The Morgan fingerprint density at radius 2 is 1.22 bits per heavy atom. The van der Waals surface area contributed by atoms with Crippen molar-refractivity contribution in [2.75, 3.05) is 52.6 Å². The summed E-state index contributed by atoms with van der Waals surface area (Å²) in [5.41, 5.74) is 0. The van der Waals surface area contributed by atoms with Crippen molar-refractivity contribution in [1.82, 2.24) is 14.4 Å². The topological polar surface area (TPSA) is 29.9 Å². The van der Waals surface area contributed by atoms with E-state index in [1.807, 2.05) is 47.0 Å². The first-order chi connectivity index (χ1) is 17.6. The summed E-state index contributed by atoms with van der Waals surface area (Å²) in [7, 11) is 0. The Morgan fingerprint density at radius 3 is 1.64 bits per heavy atom. The third-order valence-corrected chi connectivity index (χ3v) is 13.1. The zero-order chi connectivity index (χ0) is 25.1. The highest BCUT2D eigenvalue weighted by Crippen LogP contribution is 2.47. The SMILES string of the molecule is CCC(CC)Cn1/c(=C2\SC=C(N3CCOCC3)S2)c(=S)sc(=S)/c1=C1/SC=C(N2CCOCC2)S1. The first-order valence-electron chi connectivity index (χ1n) is 12.4. The van der Waals surface area contributed by atoms with Crippen LogP contribution in [0.3, 0.4) is 0 Å². The Labute approximate surface area is 244 Å². The van der Waals surface area contributed by atoms with Crippen molar-refractivity contribution in [3.63, 3.8) is 0 Å². The predicted molar refractivity (Wildman–Crippen MR) is 165 cm³/mol. The van der Waals surface area contributed by atoms with Gasteiger partial charge in [-0.25, -0.2) is 0 Å². The Balaban J connectivity index is 1.59. The first kappa shape index (κ1) is 27.6. The molecule has 0 saturated carbocycles. The Bertz CT molecular complexity index is 1180. The average molecular weight is 618 g/mol. The number of morpholine rings is 2. The molecule has 0 bridgehead atoms. The van der Waals surface area contributed by atoms with Gasteiger partial charge in [0.05, 0.1) is 55.7 Å². The van der Waals surface area contributed by atoms with Gasteiger partial charge in [0.25, 0.3) is 0 Å². The van der Waals surface area contributed by atoms with Gasteiger partial charge in [-0.3, -0.25) is 0 Å². The Hall–Kier alpha value is 0.0800. The molecule has 5 rings (SSSR count). The quantitative estimate of drug-likeness (QED) is 0.365. The second-order valence-corrected chi connectivity index (χ2v) is 15.5. The molecule has 0 aromatic carbocycles. The first-order valence-corrected chi connectivity index (χ1v) is 17.4. The fourth-order valence-corrected chi connectivity index (χ4v) is 11.7. The van der Waals surface area contributed by atoms with E-state index in [1.165, 1.54) is 29.2 Å². The summed E-state index contributed by atoms with van der Waals surface area (Å²) in [6.07, 6.45) is 2.28. The van der Waals surface area contributed by atoms with Gasteiger partial charge in [-0.1, -0.05) is 98.2 Å². The molecule has 4 aliphatic rings. The van der Waals surface area contributed by atoms with Gasteiger partial charge in [0.2, 0.25) is 0 Å². The minimum absolute atomic E-state index is 0.580. The molecule has 5 heterocycles. The molecule has 0 aliphatic carbocycles. The van der Waals surface area contributed by atoms with Gasteiger partial charge in [-0.15, -0.1) is 11.3 Å². The molecular weight excluding hydrogens is 587 g/mol. The Kier molecular flexibility index (Phi) is 9.95. The number of nitrogens with zero attached hydrogens (tertiary/aromatic N) is 3. The molecule has 2 fully saturated rings. The lowest BCUT2D eigenvalue weighted by Crippen LogP contribution is -2.38. The third-order valence-electron chi connectivity index (χ3n) is 6.67. The van der Waals surface area contributed by atoms with E-state index in [2.05, 4.69) is 39.0 Å². The molecule has 0 radical (unpaired) electrons. The van der Waals surface area contributed by atoms with Crippen LogP contribution in [0.2, 0.25) is 0 Å². The van der Waals surface area contributed by atoms with Crippen molar-refractivity contribution in [1.29, 1.82) is 0 Å². The van der Waals surface area contributed by atoms with E-state index in [0.717, 1.165) is 79.6 Å². The number of hydrogen-bond acceptors (Lipinski definition) is 11. The number of ether oxygens (including phenoxy) is 2. The van der Waals surface area contributed by atoms with E-state index >= 15 is 0 Å². The lowest BCUT2D eigenvalue weighted by Gasteiger charge is -2.29. The zero-order valence-corrected chi connectivity index (χ0v) is 26.2. The van der Waals surface area contributed by atoms with Crippen molar-refractivity contribution in [2.24, 2.45) is 5.92 Å². The van der Waals surface area contributed by atoms with Gasteiger partial charge in [0, 0.05) is 43.5 Å². The number of rotatable bonds is 6. The molecule has 0 N–H and O–H groups in total. The summed E-state index contributed by atoms with van der Waals surface area (Å²) in [4.78, 5) is 4.87. The lowest BCUT2D eigenvalue weighted by atomic mass is 10.0. The molecule has 196 valence electrons. The summed E-state index contributed by atoms with van der Waals surface area (Å²) in [6, 6.07) is 0. The van der Waals surface area contributed by atoms with Crippen LogP contribution in [-0.2, 0) is 16.0 Å². The third kappa shape index (κ3) is 6.12. The molecule has 12 heteroatoms. The van der Waals surface area contributed by atoms with Crippen LogP contribution in [0.4, 0.5) is 0 Å². The summed E-state index contributed by atoms with van der Waals surface area (Å²) >= 11 is 21.0. The molecule has 36 heavy (non-hydrogen) atoms. The van der Waals surface area contributed by atoms with Crippen molar-refractivity contribution >= 4 is 91.3 Å². The van der Waals surface area contributed by atoms with E-state index in [9.17, 15) is 0 Å². The molecule has 5 nitrogen and oxygen atoms in total. The summed E-state index contributed by atoms with van der Waals surface area (Å²) in [6.45, 7) is 12.5. The second kappa shape index (κ2) is 13.0. The van der Waals surface area contributed by atoms with E-state index in [1.54, 1.807) is 11.3 Å². The van der Waals surface area contributed by atoms with Crippen molar-refractivity contribution in [3.05, 3.63) is 39.2 Å². The van der Waals surface area contributed by atoms with Crippen LogP contribution in [0.1, 0.15) is 26.7 Å². The fraction of sp³-hybridized carbons (Fsp3) is 0.583. The van der Waals surface area contributed by atoms with E-state index < -0.39 is 0 Å². The molecule has 0 amide bonds. The molecule has 1 aromatic heterocycles. The summed E-state index contributed by atoms with van der Waals surface area (Å²) in [5.74, 6) is 0.580.